The summed E-state index contributed by atoms with van der Waals surface area (Å²) in [5, 5.41) is 0. The lowest BCUT2D eigenvalue weighted by molar-refractivity contribution is 0.0953. The standard InChI is InChI=1S/C17H16O4/c1-19-13-9-8-12(10-14(13)20-2)16-17(21-16)15(18)11-6-4-3-5-7-11/h3-10,16-17H,1-2H3/t16-,17+/m0/s1. The van der Waals surface area contributed by atoms with Crippen LogP contribution in [0.5, 0.6) is 11.5 Å². The van der Waals surface area contributed by atoms with Gasteiger partial charge >= 0.3 is 0 Å². The topological polar surface area (TPSA) is 48.1 Å². The van der Waals surface area contributed by atoms with Gasteiger partial charge in [0.2, 0.25) is 0 Å². The van der Waals surface area contributed by atoms with E-state index in [4.69, 9.17) is 14.2 Å². The van der Waals surface area contributed by atoms with Crippen molar-refractivity contribution in [3.05, 3.63) is 59.7 Å². The minimum absolute atomic E-state index is 0.00962. The normalized spacial score (nSPS) is 19.9. The van der Waals surface area contributed by atoms with E-state index in [9.17, 15) is 4.79 Å². The molecule has 0 spiro atoms. The van der Waals surface area contributed by atoms with E-state index in [1.165, 1.54) is 0 Å². The maximum atomic E-state index is 12.3. The van der Waals surface area contributed by atoms with Crippen LogP contribution >= 0.6 is 0 Å². The molecule has 3 rings (SSSR count). The van der Waals surface area contributed by atoms with Gasteiger partial charge in [-0.3, -0.25) is 4.79 Å². The zero-order valence-electron chi connectivity index (χ0n) is 11.9. The number of carbonyl (C=O) groups is 1. The van der Waals surface area contributed by atoms with Gasteiger partial charge in [-0.2, -0.15) is 0 Å². The minimum Gasteiger partial charge on any atom is -0.493 e. The fraction of sp³-hybridized carbons (Fsp3) is 0.235. The molecular weight excluding hydrogens is 268 g/mol. The lowest BCUT2D eigenvalue weighted by Gasteiger charge is -2.08. The first-order chi connectivity index (χ1) is 10.2. The van der Waals surface area contributed by atoms with Gasteiger partial charge in [0, 0.05) is 5.56 Å². The second-order valence-corrected chi connectivity index (χ2v) is 4.82. The molecule has 1 aliphatic heterocycles. The molecule has 1 fully saturated rings. The van der Waals surface area contributed by atoms with Gasteiger partial charge in [-0.05, 0) is 17.7 Å². The molecule has 4 nitrogen and oxygen atoms in total. The molecule has 0 bridgehead atoms. The van der Waals surface area contributed by atoms with Gasteiger partial charge in [-0.25, -0.2) is 0 Å². The van der Waals surface area contributed by atoms with E-state index in [1.807, 2.05) is 36.4 Å². The van der Waals surface area contributed by atoms with E-state index in [0.29, 0.717) is 17.1 Å². The Morgan fingerprint density at radius 1 is 1.00 bits per heavy atom. The molecular formula is C17H16O4. The van der Waals surface area contributed by atoms with Crippen LogP contribution in [0.2, 0.25) is 0 Å². The van der Waals surface area contributed by atoms with Crippen molar-refractivity contribution in [1.29, 1.82) is 0 Å². The first kappa shape index (κ1) is 13.6. The summed E-state index contributed by atoms with van der Waals surface area (Å²) < 4.78 is 16.0. The fourth-order valence-corrected chi connectivity index (χ4v) is 2.36. The Bertz CT molecular complexity index is 651. The molecule has 0 saturated carbocycles. The Hall–Kier alpha value is -2.33. The van der Waals surface area contributed by atoms with Crippen molar-refractivity contribution < 1.29 is 19.0 Å². The second-order valence-electron chi connectivity index (χ2n) is 4.82. The average Bonchev–Trinajstić information content (AvgIpc) is 3.35. The van der Waals surface area contributed by atoms with Crippen LogP contribution in [0.25, 0.3) is 0 Å². The van der Waals surface area contributed by atoms with E-state index in [0.717, 1.165) is 5.56 Å². The predicted octanol–water partition coefficient (Wildman–Crippen LogP) is 3.03. The van der Waals surface area contributed by atoms with Gasteiger partial charge < -0.3 is 14.2 Å². The van der Waals surface area contributed by atoms with Gasteiger partial charge in [0.05, 0.1) is 14.2 Å². The second kappa shape index (κ2) is 5.58. The van der Waals surface area contributed by atoms with Crippen LogP contribution in [0, 0.1) is 0 Å². The molecule has 0 unspecified atom stereocenters. The Kier molecular flexibility index (Phi) is 3.62. The van der Waals surface area contributed by atoms with Crippen LogP contribution in [0.3, 0.4) is 0 Å². The molecule has 2 aromatic carbocycles. The van der Waals surface area contributed by atoms with E-state index in [1.54, 1.807) is 26.4 Å². The quantitative estimate of drug-likeness (QED) is 0.625. The van der Waals surface area contributed by atoms with Crippen molar-refractivity contribution in [3.63, 3.8) is 0 Å². The van der Waals surface area contributed by atoms with Crippen molar-refractivity contribution in [2.75, 3.05) is 14.2 Å². The zero-order chi connectivity index (χ0) is 14.8. The van der Waals surface area contributed by atoms with Crippen LogP contribution in [0.1, 0.15) is 22.0 Å². The molecule has 0 N–H and O–H groups in total. The zero-order valence-corrected chi connectivity index (χ0v) is 11.9. The minimum atomic E-state index is -0.412. The van der Waals surface area contributed by atoms with Crippen molar-refractivity contribution in [2.24, 2.45) is 0 Å². The van der Waals surface area contributed by atoms with E-state index in [-0.39, 0.29) is 11.9 Å². The van der Waals surface area contributed by atoms with Gasteiger partial charge in [-0.1, -0.05) is 36.4 Å². The smallest absolute Gasteiger partial charge is 0.194 e. The van der Waals surface area contributed by atoms with Crippen molar-refractivity contribution in [1.82, 2.24) is 0 Å². The number of benzene rings is 2. The third-order valence-corrected chi connectivity index (χ3v) is 3.54. The third kappa shape index (κ3) is 2.62. The molecule has 0 aromatic heterocycles. The largest absolute Gasteiger partial charge is 0.493 e. The van der Waals surface area contributed by atoms with E-state index in [2.05, 4.69) is 0 Å². The van der Waals surface area contributed by atoms with Gasteiger partial charge in [-0.15, -0.1) is 0 Å². The molecule has 21 heavy (non-hydrogen) atoms. The van der Waals surface area contributed by atoms with E-state index >= 15 is 0 Å². The highest BCUT2D eigenvalue weighted by Crippen LogP contribution is 2.43. The number of rotatable bonds is 5. The molecule has 1 saturated heterocycles. The number of methoxy groups -OCH3 is 2. The molecule has 0 radical (unpaired) electrons. The number of epoxide rings is 1. The molecule has 108 valence electrons. The summed E-state index contributed by atoms with van der Waals surface area (Å²) in [5.41, 5.74) is 1.59. The Morgan fingerprint density at radius 2 is 1.71 bits per heavy atom. The number of carbonyl (C=O) groups excluding carboxylic acids is 1. The van der Waals surface area contributed by atoms with Crippen LogP contribution < -0.4 is 9.47 Å². The molecule has 1 aliphatic rings. The van der Waals surface area contributed by atoms with Crippen LogP contribution in [0.15, 0.2) is 48.5 Å². The summed E-state index contributed by atoms with van der Waals surface area (Å²) in [6, 6.07) is 14.7. The molecule has 0 amide bonds. The third-order valence-electron chi connectivity index (χ3n) is 3.54. The Labute approximate surface area is 123 Å². The highest BCUT2D eigenvalue weighted by Gasteiger charge is 2.46. The van der Waals surface area contributed by atoms with Crippen LogP contribution in [0.4, 0.5) is 0 Å². The summed E-state index contributed by atoms with van der Waals surface area (Å²) in [6.45, 7) is 0. The Morgan fingerprint density at radius 3 is 2.38 bits per heavy atom. The van der Waals surface area contributed by atoms with Gasteiger partial charge in [0.15, 0.2) is 23.4 Å². The number of hydrogen-bond donors (Lipinski definition) is 0. The van der Waals surface area contributed by atoms with Crippen molar-refractivity contribution in [2.45, 2.75) is 12.2 Å². The molecule has 4 heteroatoms. The van der Waals surface area contributed by atoms with Crippen molar-refractivity contribution in [3.8, 4) is 11.5 Å². The summed E-state index contributed by atoms with van der Waals surface area (Å²) in [4.78, 5) is 12.3. The monoisotopic (exact) mass is 284 g/mol. The number of ketones is 1. The van der Waals surface area contributed by atoms with Gasteiger partial charge in [0.25, 0.3) is 0 Å². The molecule has 2 aromatic rings. The first-order valence-electron chi connectivity index (χ1n) is 6.71. The maximum Gasteiger partial charge on any atom is 0.194 e. The number of Topliss-reactive ketones (excluding diaryl/α,β-unsaturated/α-hetero) is 1. The van der Waals surface area contributed by atoms with Gasteiger partial charge in [0.1, 0.15) is 6.10 Å². The highest BCUT2D eigenvalue weighted by molar-refractivity contribution is 6.01. The molecule has 2 atom stereocenters. The average molecular weight is 284 g/mol. The fourth-order valence-electron chi connectivity index (χ4n) is 2.36. The van der Waals surface area contributed by atoms with Crippen molar-refractivity contribution >= 4 is 5.78 Å². The molecule has 1 heterocycles. The number of ether oxygens (including phenoxy) is 3. The first-order valence-corrected chi connectivity index (χ1v) is 6.71. The maximum absolute atomic E-state index is 12.3. The lowest BCUT2D eigenvalue weighted by atomic mass is 10.0. The van der Waals surface area contributed by atoms with Crippen LogP contribution in [-0.2, 0) is 4.74 Å². The number of hydrogen-bond acceptors (Lipinski definition) is 4. The summed E-state index contributed by atoms with van der Waals surface area (Å²) >= 11 is 0. The summed E-state index contributed by atoms with van der Waals surface area (Å²) in [6.07, 6.45) is -0.622. The lowest BCUT2D eigenvalue weighted by Crippen LogP contribution is -2.07. The summed E-state index contributed by atoms with van der Waals surface area (Å²) in [5.74, 6) is 1.31. The Balaban J connectivity index is 1.77. The predicted molar refractivity (Wildman–Crippen MR) is 77.9 cm³/mol. The van der Waals surface area contributed by atoms with Crippen LogP contribution in [-0.4, -0.2) is 26.1 Å². The molecule has 0 aliphatic carbocycles. The summed E-state index contributed by atoms with van der Waals surface area (Å²) in [7, 11) is 3.18. The highest BCUT2D eigenvalue weighted by atomic mass is 16.6. The SMILES string of the molecule is COc1ccc([C@@H]2O[C@@H]2C(=O)c2ccccc2)cc1OC. The van der Waals surface area contributed by atoms with E-state index < -0.39 is 6.10 Å².